The van der Waals surface area contributed by atoms with Crippen molar-refractivity contribution in [2.75, 3.05) is 39.8 Å². The molecule has 0 saturated carbocycles. The molecule has 6 heteroatoms. The van der Waals surface area contributed by atoms with Gasteiger partial charge in [-0.2, -0.15) is 0 Å². The van der Waals surface area contributed by atoms with Crippen LogP contribution in [0, 0.1) is 11.7 Å². The molecule has 1 N–H and O–H groups in total. The van der Waals surface area contributed by atoms with Gasteiger partial charge in [0.15, 0.2) is 0 Å². The van der Waals surface area contributed by atoms with E-state index in [4.69, 9.17) is 4.74 Å². The largest absolute Gasteiger partial charge is 0.496 e. The van der Waals surface area contributed by atoms with E-state index in [1.807, 2.05) is 0 Å². The first kappa shape index (κ1) is 21.6. The van der Waals surface area contributed by atoms with Gasteiger partial charge in [-0.05, 0) is 43.9 Å². The van der Waals surface area contributed by atoms with Gasteiger partial charge in [-0.15, -0.1) is 0 Å². The summed E-state index contributed by atoms with van der Waals surface area (Å²) in [6.07, 6.45) is 2.15. The van der Waals surface area contributed by atoms with Crippen LogP contribution in [0.15, 0.2) is 18.2 Å². The molecule has 27 heavy (non-hydrogen) atoms. The van der Waals surface area contributed by atoms with Crippen molar-refractivity contribution in [1.29, 1.82) is 0 Å². The van der Waals surface area contributed by atoms with Gasteiger partial charge in [0.25, 0.3) is 0 Å². The Kier molecular flexibility index (Phi) is 8.51. The summed E-state index contributed by atoms with van der Waals surface area (Å²) in [5, 5.41) is 3.10. The van der Waals surface area contributed by atoms with Gasteiger partial charge in [0.1, 0.15) is 11.6 Å². The van der Waals surface area contributed by atoms with Gasteiger partial charge in [-0.3, -0.25) is 14.6 Å². The van der Waals surface area contributed by atoms with E-state index in [1.165, 1.54) is 12.1 Å². The maximum Gasteiger partial charge on any atom is 0.234 e. The number of carbonyl (C=O) groups is 1. The van der Waals surface area contributed by atoms with Gasteiger partial charge >= 0.3 is 0 Å². The summed E-state index contributed by atoms with van der Waals surface area (Å²) in [5.74, 6) is 1.24. The third-order valence-electron chi connectivity index (χ3n) is 5.05. The molecule has 1 aromatic rings. The lowest BCUT2D eigenvalue weighted by Crippen LogP contribution is -2.50. The average Bonchev–Trinajstić information content (AvgIpc) is 2.62. The number of benzene rings is 1. The van der Waals surface area contributed by atoms with Crippen molar-refractivity contribution < 1.29 is 13.9 Å². The Morgan fingerprint density at radius 3 is 2.44 bits per heavy atom. The van der Waals surface area contributed by atoms with Crippen molar-refractivity contribution in [2.45, 2.75) is 46.2 Å². The predicted octanol–water partition coefficient (Wildman–Crippen LogP) is 2.89. The number of hydrogen-bond acceptors (Lipinski definition) is 4. The summed E-state index contributed by atoms with van der Waals surface area (Å²) < 4.78 is 18.9. The topological polar surface area (TPSA) is 44.8 Å². The van der Waals surface area contributed by atoms with Gasteiger partial charge in [-0.1, -0.05) is 13.8 Å². The zero-order valence-electron chi connectivity index (χ0n) is 17.1. The number of amides is 1. The van der Waals surface area contributed by atoms with Crippen LogP contribution in [0.1, 0.15) is 39.2 Å². The molecule has 1 aliphatic heterocycles. The van der Waals surface area contributed by atoms with E-state index in [9.17, 15) is 9.18 Å². The SMILES string of the molecule is COc1ccc(F)cc1CN1CCN(CC(=O)N[C@H](C)CCC(C)C)CC1. The number of carbonyl (C=O) groups excluding carboxylic acids is 1. The molecular weight excluding hydrogens is 345 g/mol. The Morgan fingerprint density at radius 1 is 1.15 bits per heavy atom. The molecule has 0 aliphatic carbocycles. The molecule has 1 aromatic carbocycles. The molecular formula is C21H34FN3O2. The fourth-order valence-corrected chi connectivity index (χ4v) is 3.40. The van der Waals surface area contributed by atoms with E-state index >= 15 is 0 Å². The van der Waals surface area contributed by atoms with Crippen LogP contribution in [-0.2, 0) is 11.3 Å². The summed E-state index contributed by atoms with van der Waals surface area (Å²) in [6.45, 7) is 11.0. The van der Waals surface area contributed by atoms with Crippen LogP contribution in [-0.4, -0.2) is 61.6 Å². The number of ether oxygens (including phenoxy) is 1. The molecule has 1 atom stereocenters. The smallest absolute Gasteiger partial charge is 0.234 e. The third kappa shape index (κ3) is 7.46. The summed E-state index contributed by atoms with van der Waals surface area (Å²) in [6, 6.07) is 4.85. The Bertz CT molecular complexity index is 601. The zero-order chi connectivity index (χ0) is 19.8. The van der Waals surface area contributed by atoms with E-state index in [2.05, 4.69) is 35.9 Å². The lowest BCUT2D eigenvalue weighted by atomic mass is 10.0. The second kappa shape index (κ2) is 10.6. The van der Waals surface area contributed by atoms with E-state index in [1.54, 1.807) is 13.2 Å². The van der Waals surface area contributed by atoms with E-state index in [0.717, 1.165) is 44.6 Å². The van der Waals surface area contributed by atoms with Gasteiger partial charge in [0.05, 0.1) is 13.7 Å². The molecule has 1 saturated heterocycles. The fourth-order valence-electron chi connectivity index (χ4n) is 3.40. The number of piperazine rings is 1. The first-order valence-corrected chi connectivity index (χ1v) is 9.94. The summed E-state index contributed by atoms with van der Waals surface area (Å²) in [7, 11) is 1.61. The van der Waals surface area contributed by atoms with Crippen LogP contribution in [0.4, 0.5) is 4.39 Å². The molecule has 5 nitrogen and oxygen atoms in total. The molecule has 0 aromatic heterocycles. The van der Waals surface area contributed by atoms with Crippen molar-refractivity contribution in [3.05, 3.63) is 29.6 Å². The van der Waals surface area contributed by atoms with Crippen molar-refractivity contribution >= 4 is 5.91 Å². The molecule has 0 unspecified atom stereocenters. The maximum atomic E-state index is 13.5. The number of rotatable bonds is 9. The Labute approximate surface area is 162 Å². The lowest BCUT2D eigenvalue weighted by Gasteiger charge is -2.34. The highest BCUT2D eigenvalue weighted by Crippen LogP contribution is 2.21. The Morgan fingerprint density at radius 2 is 1.81 bits per heavy atom. The first-order chi connectivity index (χ1) is 12.9. The molecule has 1 heterocycles. The van der Waals surface area contributed by atoms with Gasteiger partial charge < -0.3 is 10.1 Å². The van der Waals surface area contributed by atoms with Crippen LogP contribution >= 0.6 is 0 Å². The molecule has 2 rings (SSSR count). The molecule has 0 bridgehead atoms. The number of methoxy groups -OCH3 is 1. The van der Waals surface area contributed by atoms with Crippen LogP contribution in [0.25, 0.3) is 0 Å². The average molecular weight is 380 g/mol. The minimum Gasteiger partial charge on any atom is -0.496 e. The fraction of sp³-hybridized carbons (Fsp3) is 0.667. The van der Waals surface area contributed by atoms with Crippen LogP contribution < -0.4 is 10.1 Å². The minimum atomic E-state index is -0.243. The monoisotopic (exact) mass is 379 g/mol. The summed E-state index contributed by atoms with van der Waals surface area (Å²) >= 11 is 0. The second-order valence-corrected chi connectivity index (χ2v) is 7.95. The van der Waals surface area contributed by atoms with Crippen molar-refractivity contribution in [2.24, 2.45) is 5.92 Å². The van der Waals surface area contributed by atoms with Gasteiger partial charge in [-0.25, -0.2) is 4.39 Å². The number of hydrogen-bond donors (Lipinski definition) is 1. The Hall–Kier alpha value is -1.66. The standard InChI is InChI=1S/C21H34FN3O2/c1-16(2)5-6-17(3)23-21(26)15-25-11-9-24(10-12-25)14-18-13-19(22)7-8-20(18)27-4/h7-8,13,16-17H,5-6,9-12,14-15H2,1-4H3,(H,23,26)/t17-/m1/s1. The van der Waals surface area contributed by atoms with E-state index < -0.39 is 0 Å². The molecule has 0 radical (unpaired) electrons. The van der Waals surface area contributed by atoms with Crippen molar-refractivity contribution in [1.82, 2.24) is 15.1 Å². The van der Waals surface area contributed by atoms with E-state index in [-0.39, 0.29) is 17.8 Å². The third-order valence-corrected chi connectivity index (χ3v) is 5.05. The van der Waals surface area contributed by atoms with Gasteiger partial charge in [0.2, 0.25) is 5.91 Å². The predicted molar refractivity (Wildman–Crippen MR) is 106 cm³/mol. The molecule has 152 valence electrons. The summed E-state index contributed by atoms with van der Waals surface area (Å²) in [4.78, 5) is 16.7. The van der Waals surface area contributed by atoms with Crippen molar-refractivity contribution in [3.63, 3.8) is 0 Å². The van der Waals surface area contributed by atoms with E-state index in [0.29, 0.717) is 24.8 Å². The highest BCUT2D eigenvalue weighted by molar-refractivity contribution is 5.78. The number of halogens is 1. The maximum absolute atomic E-state index is 13.5. The minimum absolute atomic E-state index is 0.103. The first-order valence-electron chi connectivity index (χ1n) is 9.94. The second-order valence-electron chi connectivity index (χ2n) is 7.95. The van der Waals surface area contributed by atoms with Gasteiger partial charge in [0, 0.05) is 44.3 Å². The number of nitrogens with zero attached hydrogens (tertiary/aromatic N) is 2. The van der Waals surface area contributed by atoms with Crippen molar-refractivity contribution in [3.8, 4) is 5.75 Å². The molecule has 0 spiro atoms. The highest BCUT2D eigenvalue weighted by atomic mass is 19.1. The molecule has 1 amide bonds. The Balaban J connectivity index is 1.74. The highest BCUT2D eigenvalue weighted by Gasteiger charge is 2.20. The molecule has 1 fully saturated rings. The number of nitrogens with one attached hydrogen (secondary N) is 1. The van der Waals surface area contributed by atoms with Crippen LogP contribution in [0.3, 0.4) is 0 Å². The zero-order valence-corrected chi connectivity index (χ0v) is 17.1. The quantitative estimate of drug-likeness (QED) is 0.717. The summed E-state index contributed by atoms with van der Waals surface area (Å²) in [5.41, 5.74) is 0.864. The lowest BCUT2D eigenvalue weighted by molar-refractivity contribution is -0.123. The van der Waals surface area contributed by atoms with Crippen LogP contribution in [0.5, 0.6) is 5.75 Å². The van der Waals surface area contributed by atoms with Crippen LogP contribution in [0.2, 0.25) is 0 Å². The molecule has 1 aliphatic rings. The normalized spacial score (nSPS) is 17.1.